The van der Waals surface area contributed by atoms with Gasteiger partial charge in [-0.3, -0.25) is 4.79 Å². The zero-order valence-electron chi connectivity index (χ0n) is 11.1. The van der Waals surface area contributed by atoms with Gasteiger partial charge in [-0.1, -0.05) is 18.2 Å². The number of rotatable bonds is 4. The molecule has 1 aromatic carbocycles. The Balaban J connectivity index is 2.07. The van der Waals surface area contributed by atoms with Crippen molar-refractivity contribution in [3.8, 4) is 0 Å². The van der Waals surface area contributed by atoms with E-state index in [-0.39, 0.29) is 18.0 Å². The number of para-hydroxylation sites is 1. The fourth-order valence-electron chi connectivity index (χ4n) is 1.82. The van der Waals surface area contributed by atoms with Crippen molar-refractivity contribution in [2.45, 2.75) is 20.3 Å². The maximum Gasteiger partial charge on any atom is 0.355 e. The van der Waals surface area contributed by atoms with Crippen LogP contribution in [0, 0.1) is 13.8 Å². The lowest BCUT2D eigenvalue weighted by molar-refractivity contribution is -0.115. The lowest BCUT2D eigenvalue weighted by Crippen LogP contribution is -2.16. The van der Waals surface area contributed by atoms with Crippen molar-refractivity contribution in [3.05, 3.63) is 45.4 Å². The van der Waals surface area contributed by atoms with Crippen LogP contribution in [0.2, 0.25) is 0 Å². The molecule has 1 heterocycles. The van der Waals surface area contributed by atoms with Gasteiger partial charge in [0.05, 0.1) is 6.42 Å². The standard InChI is InChI=1S/C14H14N2O3S/c1-8-4-3-5-9(2)13(8)16-11(17)6-12-15-10(7-20-12)14(18)19/h3-5,7H,6H2,1-2H3,(H,16,17)(H,18,19). The average Bonchev–Trinajstić information content (AvgIpc) is 2.82. The van der Waals surface area contributed by atoms with Crippen LogP contribution in [0.5, 0.6) is 0 Å². The molecule has 1 amide bonds. The number of amides is 1. The molecule has 0 spiro atoms. The van der Waals surface area contributed by atoms with Crippen LogP contribution in [0.4, 0.5) is 5.69 Å². The molecule has 104 valence electrons. The van der Waals surface area contributed by atoms with E-state index >= 15 is 0 Å². The lowest BCUT2D eigenvalue weighted by Gasteiger charge is -2.10. The SMILES string of the molecule is Cc1cccc(C)c1NC(=O)Cc1nc(C(=O)O)cs1. The molecule has 6 heteroatoms. The Morgan fingerprint density at radius 3 is 2.50 bits per heavy atom. The van der Waals surface area contributed by atoms with Crippen LogP contribution >= 0.6 is 11.3 Å². The Morgan fingerprint density at radius 2 is 1.95 bits per heavy atom. The Bertz CT molecular complexity index is 644. The average molecular weight is 290 g/mol. The molecule has 0 fully saturated rings. The number of carbonyl (C=O) groups excluding carboxylic acids is 1. The molecular formula is C14H14N2O3S. The minimum atomic E-state index is -1.08. The number of hydrogen-bond donors (Lipinski definition) is 2. The number of aryl methyl sites for hydroxylation is 2. The summed E-state index contributed by atoms with van der Waals surface area (Å²) >= 11 is 1.17. The van der Waals surface area contributed by atoms with Crippen molar-refractivity contribution in [2.24, 2.45) is 0 Å². The second kappa shape index (κ2) is 5.83. The smallest absolute Gasteiger partial charge is 0.355 e. The minimum Gasteiger partial charge on any atom is -0.476 e. The van der Waals surface area contributed by atoms with E-state index in [1.54, 1.807) is 0 Å². The quantitative estimate of drug-likeness (QED) is 0.907. The van der Waals surface area contributed by atoms with Crippen LogP contribution in [-0.4, -0.2) is 22.0 Å². The van der Waals surface area contributed by atoms with Crippen LogP contribution in [0.15, 0.2) is 23.6 Å². The van der Waals surface area contributed by atoms with Gasteiger partial charge < -0.3 is 10.4 Å². The van der Waals surface area contributed by atoms with Gasteiger partial charge in [0.15, 0.2) is 5.69 Å². The number of nitrogens with one attached hydrogen (secondary N) is 1. The van der Waals surface area contributed by atoms with E-state index < -0.39 is 5.97 Å². The van der Waals surface area contributed by atoms with Crippen molar-refractivity contribution in [3.63, 3.8) is 0 Å². The van der Waals surface area contributed by atoms with Crippen molar-refractivity contribution in [2.75, 3.05) is 5.32 Å². The highest BCUT2D eigenvalue weighted by molar-refractivity contribution is 7.09. The summed E-state index contributed by atoms with van der Waals surface area (Å²) in [6.45, 7) is 3.85. The summed E-state index contributed by atoms with van der Waals surface area (Å²) in [7, 11) is 0. The van der Waals surface area contributed by atoms with Gasteiger partial charge in [0.2, 0.25) is 5.91 Å². The number of hydrogen-bond acceptors (Lipinski definition) is 4. The van der Waals surface area contributed by atoms with E-state index in [0.717, 1.165) is 16.8 Å². The molecular weight excluding hydrogens is 276 g/mol. The molecule has 0 aliphatic carbocycles. The second-order valence-corrected chi connectivity index (χ2v) is 5.37. The molecule has 0 atom stereocenters. The predicted octanol–water partition coefficient (Wildman–Crippen LogP) is 2.64. The molecule has 0 saturated heterocycles. The summed E-state index contributed by atoms with van der Waals surface area (Å²) < 4.78 is 0. The topological polar surface area (TPSA) is 79.3 Å². The minimum absolute atomic E-state index is 0.0233. The van der Waals surface area contributed by atoms with Crippen molar-refractivity contribution < 1.29 is 14.7 Å². The van der Waals surface area contributed by atoms with Gasteiger partial charge in [0.1, 0.15) is 5.01 Å². The number of carboxylic acids is 1. The Morgan fingerprint density at radius 1 is 1.30 bits per heavy atom. The first kappa shape index (κ1) is 14.2. The third-order valence-corrected chi connectivity index (χ3v) is 3.68. The van der Waals surface area contributed by atoms with E-state index in [1.165, 1.54) is 16.7 Å². The second-order valence-electron chi connectivity index (χ2n) is 4.42. The first-order valence-corrected chi connectivity index (χ1v) is 6.89. The molecule has 2 N–H and O–H groups in total. The molecule has 20 heavy (non-hydrogen) atoms. The summed E-state index contributed by atoms with van der Waals surface area (Å²) in [6.07, 6.45) is 0.0751. The molecule has 0 bridgehead atoms. The number of carboxylic acid groups (broad SMARTS) is 1. The highest BCUT2D eigenvalue weighted by atomic mass is 32.1. The van der Waals surface area contributed by atoms with Gasteiger partial charge >= 0.3 is 5.97 Å². The molecule has 0 saturated carbocycles. The van der Waals surface area contributed by atoms with Crippen LogP contribution in [0.3, 0.4) is 0 Å². The first-order chi connectivity index (χ1) is 9.47. The maximum absolute atomic E-state index is 12.0. The maximum atomic E-state index is 12.0. The van der Waals surface area contributed by atoms with Crippen LogP contribution < -0.4 is 5.32 Å². The lowest BCUT2D eigenvalue weighted by atomic mass is 10.1. The summed E-state index contributed by atoms with van der Waals surface area (Å²) in [4.78, 5) is 26.6. The van der Waals surface area contributed by atoms with E-state index in [2.05, 4.69) is 10.3 Å². The van der Waals surface area contributed by atoms with E-state index in [9.17, 15) is 9.59 Å². The van der Waals surface area contributed by atoms with Crippen LogP contribution in [0.25, 0.3) is 0 Å². The number of aromatic nitrogens is 1. The van der Waals surface area contributed by atoms with Gasteiger partial charge in [-0.2, -0.15) is 0 Å². The Labute approximate surface area is 120 Å². The van der Waals surface area contributed by atoms with Gasteiger partial charge in [0.25, 0.3) is 0 Å². The highest BCUT2D eigenvalue weighted by Crippen LogP contribution is 2.20. The number of anilines is 1. The molecule has 0 unspecified atom stereocenters. The van der Waals surface area contributed by atoms with E-state index in [4.69, 9.17) is 5.11 Å². The molecule has 0 aliphatic rings. The first-order valence-electron chi connectivity index (χ1n) is 6.01. The van der Waals surface area contributed by atoms with Crippen LogP contribution in [0.1, 0.15) is 26.6 Å². The fourth-order valence-corrected chi connectivity index (χ4v) is 2.59. The third-order valence-electron chi connectivity index (χ3n) is 2.83. The van der Waals surface area contributed by atoms with Gasteiger partial charge in [0, 0.05) is 11.1 Å². The third kappa shape index (κ3) is 3.21. The number of thiazole rings is 1. The zero-order valence-corrected chi connectivity index (χ0v) is 12.0. The predicted molar refractivity (Wildman–Crippen MR) is 77.3 cm³/mol. The summed E-state index contributed by atoms with van der Waals surface area (Å²) in [5, 5.41) is 13.6. The van der Waals surface area contributed by atoms with Crippen LogP contribution in [-0.2, 0) is 11.2 Å². The van der Waals surface area contributed by atoms with E-state index in [0.29, 0.717) is 5.01 Å². The van der Waals surface area contributed by atoms with E-state index in [1.807, 2.05) is 32.0 Å². The number of benzene rings is 1. The largest absolute Gasteiger partial charge is 0.476 e. The molecule has 0 aliphatic heterocycles. The van der Waals surface area contributed by atoms with Gasteiger partial charge in [-0.25, -0.2) is 9.78 Å². The molecule has 0 radical (unpaired) electrons. The molecule has 1 aromatic heterocycles. The van der Waals surface area contributed by atoms with Crippen molar-refractivity contribution in [1.29, 1.82) is 0 Å². The summed E-state index contributed by atoms with van der Waals surface area (Å²) in [5.74, 6) is -1.28. The number of carbonyl (C=O) groups is 2. The summed E-state index contributed by atoms with van der Waals surface area (Å²) in [5.41, 5.74) is 2.75. The normalized spacial score (nSPS) is 10.3. The highest BCUT2D eigenvalue weighted by Gasteiger charge is 2.13. The Kier molecular flexibility index (Phi) is 4.14. The van der Waals surface area contributed by atoms with Crippen molar-refractivity contribution >= 4 is 28.9 Å². The van der Waals surface area contributed by atoms with Crippen molar-refractivity contribution in [1.82, 2.24) is 4.98 Å². The van der Waals surface area contributed by atoms with Gasteiger partial charge in [-0.05, 0) is 25.0 Å². The molecule has 2 rings (SSSR count). The number of nitrogens with zero attached hydrogens (tertiary/aromatic N) is 1. The zero-order chi connectivity index (χ0) is 14.7. The number of aromatic carboxylic acids is 1. The Hall–Kier alpha value is -2.21. The monoisotopic (exact) mass is 290 g/mol. The summed E-state index contributed by atoms with van der Waals surface area (Å²) in [6, 6.07) is 5.78. The molecule has 5 nitrogen and oxygen atoms in total. The molecule has 2 aromatic rings. The fraction of sp³-hybridized carbons (Fsp3) is 0.214. The van der Waals surface area contributed by atoms with Gasteiger partial charge in [-0.15, -0.1) is 11.3 Å².